The molecule has 3 rings (SSSR count). The summed E-state index contributed by atoms with van der Waals surface area (Å²) in [6.07, 6.45) is 4.41. The number of nitrogens with one attached hydrogen (secondary N) is 1. The van der Waals surface area contributed by atoms with Crippen molar-refractivity contribution in [3.05, 3.63) is 42.0 Å². The number of carbonyl (C=O) groups is 1. The van der Waals surface area contributed by atoms with Gasteiger partial charge in [0.1, 0.15) is 0 Å². The molecule has 0 bridgehead atoms. The van der Waals surface area contributed by atoms with E-state index >= 15 is 0 Å². The van der Waals surface area contributed by atoms with Crippen LogP contribution in [-0.4, -0.2) is 67.5 Å². The number of piperazine rings is 1. The predicted octanol–water partition coefficient (Wildman–Crippen LogP) is 2.31. The fourth-order valence-corrected chi connectivity index (χ4v) is 3.37. The fourth-order valence-electron chi connectivity index (χ4n) is 3.37. The Morgan fingerprint density at radius 1 is 1.11 bits per heavy atom. The first-order valence-electron chi connectivity index (χ1n) is 9.45. The number of amides is 1. The number of anilines is 1. The van der Waals surface area contributed by atoms with E-state index in [2.05, 4.69) is 58.5 Å². The molecule has 0 unspecified atom stereocenters. The molecule has 0 aliphatic carbocycles. The van der Waals surface area contributed by atoms with Gasteiger partial charge in [-0.15, -0.1) is 24.0 Å². The van der Waals surface area contributed by atoms with Crippen LogP contribution < -0.4 is 10.2 Å². The van der Waals surface area contributed by atoms with Gasteiger partial charge in [-0.25, -0.2) is 4.99 Å². The Morgan fingerprint density at radius 2 is 1.78 bits per heavy atom. The van der Waals surface area contributed by atoms with Crippen LogP contribution in [0.4, 0.5) is 5.69 Å². The summed E-state index contributed by atoms with van der Waals surface area (Å²) in [6, 6.07) is 8.63. The number of halogens is 1. The van der Waals surface area contributed by atoms with E-state index in [-0.39, 0.29) is 29.9 Å². The van der Waals surface area contributed by atoms with Gasteiger partial charge in [0, 0.05) is 58.4 Å². The summed E-state index contributed by atoms with van der Waals surface area (Å²) in [4.78, 5) is 22.8. The second-order valence-corrected chi connectivity index (χ2v) is 6.71. The number of nitrogens with zero attached hydrogens (tertiary/aromatic N) is 4. The third-order valence-electron chi connectivity index (χ3n) is 4.86. The normalized spacial score (nSPS) is 17.1. The summed E-state index contributed by atoms with van der Waals surface area (Å²) >= 11 is 0. The van der Waals surface area contributed by atoms with Crippen molar-refractivity contribution in [2.24, 2.45) is 4.99 Å². The highest BCUT2D eigenvalue weighted by molar-refractivity contribution is 14.0. The first-order chi connectivity index (χ1) is 12.7. The number of aliphatic imine (C=N–C) groups is 1. The molecule has 2 aliphatic rings. The minimum absolute atomic E-state index is 0. The third-order valence-corrected chi connectivity index (χ3v) is 4.86. The maximum Gasteiger partial charge on any atom is 0.219 e. The van der Waals surface area contributed by atoms with Crippen LogP contribution in [0.5, 0.6) is 0 Å². The van der Waals surface area contributed by atoms with Crippen LogP contribution in [0.1, 0.15) is 19.4 Å². The molecule has 1 saturated heterocycles. The SMILES string of the molecule is CCNC(=NCc1cccc(N2CC=CC2)c1)N1CCN(C(C)=O)CC1.I. The highest BCUT2D eigenvalue weighted by Gasteiger charge is 2.20. The number of guanidine groups is 1. The number of rotatable bonds is 4. The molecule has 0 spiro atoms. The van der Waals surface area contributed by atoms with Gasteiger partial charge in [-0.3, -0.25) is 4.79 Å². The third kappa shape index (κ3) is 5.85. The van der Waals surface area contributed by atoms with Gasteiger partial charge >= 0.3 is 0 Å². The maximum atomic E-state index is 11.5. The summed E-state index contributed by atoms with van der Waals surface area (Å²) < 4.78 is 0. The van der Waals surface area contributed by atoms with E-state index in [1.165, 1.54) is 11.3 Å². The lowest BCUT2D eigenvalue weighted by Crippen LogP contribution is -2.53. The van der Waals surface area contributed by atoms with Gasteiger partial charge < -0.3 is 20.0 Å². The van der Waals surface area contributed by atoms with Crippen molar-refractivity contribution >= 4 is 41.5 Å². The second kappa shape index (κ2) is 10.5. The van der Waals surface area contributed by atoms with E-state index in [0.29, 0.717) is 6.54 Å². The summed E-state index contributed by atoms with van der Waals surface area (Å²) in [5.74, 6) is 1.09. The molecule has 7 heteroatoms. The molecule has 1 aromatic rings. The topological polar surface area (TPSA) is 51.2 Å². The van der Waals surface area contributed by atoms with Crippen LogP contribution in [0.15, 0.2) is 41.4 Å². The zero-order valence-corrected chi connectivity index (χ0v) is 18.6. The molecule has 6 nitrogen and oxygen atoms in total. The van der Waals surface area contributed by atoms with E-state index in [1.54, 1.807) is 6.92 Å². The van der Waals surface area contributed by atoms with Gasteiger partial charge in [0.15, 0.2) is 5.96 Å². The molecule has 1 fully saturated rings. The van der Waals surface area contributed by atoms with E-state index in [1.807, 2.05) is 4.90 Å². The van der Waals surface area contributed by atoms with Crippen molar-refractivity contribution in [2.75, 3.05) is 50.7 Å². The zero-order chi connectivity index (χ0) is 18.4. The van der Waals surface area contributed by atoms with E-state index in [4.69, 9.17) is 4.99 Å². The number of hydrogen-bond donors (Lipinski definition) is 1. The smallest absolute Gasteiger partial charge is 0.219 e. The van der Waals surface area contributed by atoms with Crippen molar-refractivity contribution in [2.45, 2.75) is 20.4 Å². The summed E-state index contributed by atoms with van der Waals surface area (Å²) in [6.45, 7) is 10.4. The molecule has 1 aromatic carbocycles. The van der Waals surface area contributed by atoms with Crippen LogP contribution in [0.2, 0.25) is 0 Å². The van der Waals surface area contributed by atoms with Gasteiger partial charge in [-0.2, -0.15) is 0 Å². The van der Waals surface area contributed by atoms with Gasteiger partial charge in [0.25, 0.3) is 0 Å². The predicted molar refractivity (Wildman–Crippen MR) is 122 cm³/mol. The van der Waals surface area contributed by atoms with Crippen molar-refractivity contribution in [1.82, 2.24) is 15.1 Å². The largest absolute Gasteiger partial charge is 0.364 e. The Hall–Kier alpha value is -1.77. The number of benzene rings is 1. The summed E-state index contributed by atoms with van der Waals surface area (Å²) in [5, 5.41) is 3.39. The van der Waals surface area contributed by atoms with Crippen molar-refractivity contribution in [3.63, 3.8) is 0 Å². The molecule has 148 valence electrons. The Morgan fingerprint density at radius 3 is 2.41 bits per heavy atom. The molecule has 0 saturated carbocycles. The molecule has 2 heterocycles. The second-order valence-electron chi connectivity index (χ2n) is 6.71. The summed E-state index contributed by atoms with van der Waals surface area (Å²) in [5.41, 5.74) is 2.47. The molecule has 1 N–H and O–H groups in total. The monoisotopic (exact) mass is 483 g/mol. The highest BCUT2D eigenvalue weighted by atomic mass is 127. The lowest BCUT2D eigenvalue weighted by Gasteiger charge is -2.36. The molecule has 0 radical (unpaired) electrons. The van der Waals surface area contributed by atoms with Gasteiger partial charge in [0.05, 0.1) is 6.54 Å². The quantitative estimate of drug-likeness (QED) is 0.309. The Bertz CT molecular complexity index is 675. The Balaban J connectivity index is 0.00000261. The zero-order valence-electron chi connectivity index (χ0n) is 16.2. The minimum Gasteiger partial charge on any atom is -0.364 e. The van der Waals surface area contributed by atoms with Crippen LogP contribution in [0, 0.1) is 0 Å². The number of hydrogen-bond acceptors (Lipinski definition) is 3. The standard InChI is InChI=1S/C20H29N5O.HI/c1-3-21-20(25-13-11-23(12-14-25)17(2)26)22-16-18-7-6-8-19(15-18)24-9-4-5-10-24;/h4-8,15H,3,9-14,16H2,1-2H3,(H,21,22);1H. The van der Waals surface area contributed by atoms with Crippen molar-refractivity contribution in [3.8, 4) is 0 Å². The van der Waals surface area contributed by atoms with Gasteiger partial charge in [-0.1, -0.05) is 24.3 Å². The Kier molecular flexibility index (Phi) is 8.40. The molecule has 2 aliphatic heterocycles. The van der Waals surface area contributed by atoms with Gasteiger partial charge in [-0.05, 0) is 24.6 Å². The van der Waals surface area contributed by atoms with Crippen molar-refractivity contribution in [1.29, 1.82) is 0 Å². The first-order valence-corrected chi connectivity index (χ1v) is 9.45. The molecule has 1 amide bonds. The van der Waals surface area contributed by atoms with Crippen LogP contribution in [0.25, 0.3) is 0 Å². The minimum atomic E-state index is 0. The Labute approximate surface area is 179 Å². The average Bonchev–Trinajstić information content (AvgIpc) is 3.20. The van der Waals surface area contributed by atoms with E-state index in [0.717, 1.165) is 51.8 Å². The molecule has 0 atom stereocenters. The molecular weight excluding hydrogens is 453 g/mol. The fraction of sp³-hybridized carbons (Fsp3) is 0.500. The van der Waals surface area contributed by atoms with Crippen LogP contribution in [0.3, 0.4) is 0 Å². The maximum absolute atomic E-state index is 11.5. The van der Waals surface area contributed by atoms with Gasteiger partial charge in [0.2, 0.25) is 5.91 Å². The van der Waals surface area contributed by atoms with E-state index in [9.17, 15) is 4.79 Å². The first kappa shape index (κ1) is 21.5. The molecular formula is C20H30IN5O. The highest BCUT2D eigenvalue weighted by Crippen LogP contribution is 2.19. The number of carbonyl (C=O) groups excluding carboxylic acids is 1. The van der Waals surface area contributed by atoms with Crippen LogP contribution >= 0.6 is 24.0 Å². The summed E-state index contributed by atoms with van der Waals surface area (Å²) in [7, 11) is 0. The van der Waals surface area contributed by atoms with Crippen molar-refractivity contribution < 1.29 is 4.79 Å². The van der Waals surface area contributed by atoms with Crippen LogP contribution in [-0.2, 0) is 11.3 Å². The molecule has 27 heavy (non-hydrogen) atoms. The average molecular weight is 483 g/mol. The van der Waals surface area contributed by atoms with E-state index < -0.39 is 0 Å². The lowest BCUT2D eigenvalue weighted by atomic mass is 10.2. The molecule has 0 aromatic heterocycles. The lowest BCUT2D eigenvalue weighted by molar-refractivity contribution is -0.130.